The number of halogens is 2. The minimum Gasteiger partial charge on any atom is -0.454 e. The largest absolute Gasteiger partial charge is 0.454 e. The van der Waals surface area contributed by atoms with Crippen molar-refractivity contribution in [3.8, 4) is 0 Å². The molecule has 0 N–H and O–H groups in total. The predicted molar refractivity (Wildman–Crippen MR) is 84.6 cm³/mol. The second-order valence-corrected chi connectivity index (χ2v) is 5.37. The van der Waals surface area contributed by atoms with Crippen LogP contribution in [0, 0.1) is 0 Å². The van der Waals surface area contributed by atoms with Crippen LogP contribution < -0.4 is 0 Å². The summed E-state index contributed by atoms with van der Waals surface area (Å²) in [5.74, 6) is -1.94. The standard InChI is InChI=1S/C17H13F2N3O4/c1-2-6-22-14(23)11-4-3-10(8-12(11)15(22)24)16(25)26-9-13-20-5-7-21(13)17(18)19/h2-5,7-8,17H,1,6,9H2. The highest BCUT2D eigenvalue weighted by atomic mass is 19.3. The summed E-state index contributed by atoms with van der Waals surface area (Å²) in [7, 11) is 0. The van der Waals surface area contributed by atoms with E-state index in [4.69, 9.17) is 4.74 Å². The summed E-state index contributed by atoms with van der Waals surface area (Å²) in [6, 6.07) is 3.94. The molecule has 2 amide bonds. The Hall–Kier alpha value is -3.36. The first kappa shape index (κ1) is 17.5. The molecule has 0 aliphatic carbocycles. The number of rotatable bonds is 6. The van der Waals surface area contributed by atoms with E-state index in [2.05, 4.69) is 11.6 Å². The first-order valence-corrected chi connectivity index (χ1v) is 7.52. The van der Waals surface area contributed by atoms with E-state index in [0.717, 1.165) is 11.1 Å². The number of imide groups is 1. The van der Waals surface area contributed by atoms with Crippen LogP contribution in [-0.2, 0) is 11.3 Å². The van der Waals surface area contributed by atoms with E-state index in [0.29, 0.717) is 4.57 Å². The fourth-order valence-corrected chi connectivity index (χ4v) is 2.56. The molecular formula is C17H13F2N3O4. The van der Waals surface area contributed by atoms with Crippen molar-refractivity contribution in [2.45, 2.75) is 13.2 Å². The van der Waals surface area contributed by atoms with Gasteiger partial charge in [0.25, 0.3) is 11.8 Å². The molecule has 2 heterocycles. The zero-order chi connectivity index (χ0) is 18.8. The predicted octanol–water partition coefficient (Wildman–Crippen LogP) is 2.42. The molecule has 9 heteroatoms. The van der Waals surface area contributed by atoms with Gasteiger partial charge in [0.15, 0.2) is 5.82 Å². The van der Waals surface area contributed by atoms with Gasteiger partial charge < -0.3 is 4.74 Å². The molecule has 0 fully saturated rings. The van der Waals surface area contributed by atoms with Crippen LogP contribution in [0.4, 0.5) is 8.78 Å². The van der Waals surface area contributed by atoms with E-state index in [1.54, 1.807) is 0 Å². The maximum absolute atomic E-state index is 12.7. The lowest BCUT2D eigenvalue weighted by atomic mass is 10.1. The molecule has 7 nitrogen and oxygen atoms in total. The number of hydrogen-bond donors (Lipinski definition) is 0. The van der Waals surface area contributed by atoms with Crippen molar-refractivity contribution in [3.05, 3.63) is 65.8 Å². The SMILES string of the molecule is C=CCN1C(=O)c2ccc(C(=O)OCc3nccn3C(F)F)cc2C1=O. The third-order valence-corrected chi connectivity index (χ3v) is 3.81. The van der Waals surface area contributed by atoms with Gasteiger partial charge in [-0.3, -0.25) is 19.1 Å². The van der Waals surface area contributed by atoms with Crippen molar-refractivity contribution < 1.29 is 27.9 Å². The number of hydrogen-bond acceptors (Lipinski definition) is 5. The van der Waals surface area contributed by atoms with Gasteiger partial charge in [-0.1, -0.05) is 6.08 Å². The molecule has 3 rings (SSSR count). The zero-order valence-electron chi connectivity index (χ0n) is 13.4. The van der Waals surface area contributed by atoms with E-state index < -0.39 is 30.9 Å². The number of aromatic nitrogens is 2. The molecule has 2 aromatic rings. The summed E-state index contributed by atoms with van der Waals surface area (Å²) in [5.41, 5.74) is 0.294. The molecule has 134 valence electrons. The quantitative estimate of drug-likeness (QED) is 0.448. The first-order valence-electron chi connectivity index (χ1n) is 7.52. The van der Waals surface area contributed by atoms with Crippen molar-refractivity contribution in [2.75, 3.05) is 6.54 Å². The summed E-state index contributed by atoms with van der Waals surface area (Å²) in [5, 5.41) is 0. The summed E-state index contributed by atoms with van der Waals surface area (Å²) < 4.78 is 31.0. The van der Waals surface area contributed by atoms with Crippen LogP contribution in [0.1, 0.15) is 43.4 Å². The van der Waals surface area contributed by atoms with Gasteiger partial charge in [-0.05, 0) is 18.2 Å². The average molecular weight is 361 g/mol. The zero-order valence-corrected chi connectivity index (χ0v) is 13.4. The second-order valence-electron chi connectivity index (χ2n) is 5.37. The molecular weight excluding hydrogens is 348 g/mol. The van der Waals surface area contributed by atoms with Crippen molar-refractivity contribution in [1.29, 1.82) is 0 Å². The highest BCUT2D eigenvalue weighted by Gasteiger charge is 2.35. The van der Waals surface area contributed by atoms with Gasteiger partial charge in [0.05, 0.1) is 16.7 Å². The number of esters is 1. The number of benzene rings is 1. The third-order valence-electron chi connectivity index (χ3n) is 3.81. The van der Waals surface area contributed by atoms with Gasteiger partial charge >= 0.3 is 12.5 Å². The molecule has 1 aromatic heterocycles. The van der Waals surface area contributed by atoms with Gasteiger partial charge in [-0.15, -0.1) is 6.58 Å². The lowest BCUT2D eigenvalue weighted by Gasteiger charge is -2.09. The molecule has 1 aliphatic heterocycles. The molecule has 0 bridgehead atoms. The molecule has 26 heavy (non-hydrogen) atoms. The number of carbonyl (C=O) groups excluding carboxylic acids is 3. The van der Waals surface area contributed by atoms with E-state index >= 15 is 0 Å². The molecule has 1 aromatic carbocycles. The Morgan fingerprint density at radius 2 is 2.00 bits per heavy atom. The van der Waals surface area contributed by atoms with E-state index in [-0.39, 0.29) is 29.1 Å². The first-order chi connectivity index (χ1) is 12.4. The topological polar surface area (TPSA) is 81.5 Å². The Morgan fingerprint density at radius 1 is 1.27 bits per heavy atom. The van der Waals surface area contributed by atoms with Crippen molar-refractivity contribution >= 4 is 17.8 Å². The fourth-order valence-electron chi connectivity index (χ4n) is 2.56. The van der Waals surface area contributed by atoms with Crippen LogP contribution in [0.2, 0.25) is 0 Å². The van der Waals surface area contributed by atoms with Crippen molar-refractivity contribution in [2.24, 2.45) is 0 Å². The highest BCUT2D eigenvalue weighted by Crippen LogP contribution is 2.24. The highest BCUT2D eigenvalue weighted by molar-refractivity contribution is 6.22. The normalized spacial score (nSPS) is 13.3. The maximum Gasteiger partial charge on any atom is 0.338 e. The van der Waals surface area contributed by atoms with Gasteiger partial charge in [-0.25, -0.2) is 9.78 Å². The van der Waals surface area contributed by atoms with Crippen LogP contribution >= 0.6 is 0 Å². The molecule has 0 spiro atoms. The summed E-state index contributed by atoms with van der Waals surface area (Å²) in [6.45, 7) is 0.290. The van der Waals surface area contributed by atoms with Crippen LogP contribution in [0.25, 0.3) is 0 Å². The van der Waals surface area contributed by atoms with Crippen molar-refractivity contribution in [3.63, 3.8) is 0 Å². The van der Waals surface area contributed by atoms with Crippen LogP contribution in [-0.4, -0.2) is 38.8 Å². The average Bonchev–Trinajstić information content (AvgIpc) is 3.19. The number of alkyl halides is 2. The minimum atomic E-state index is -2.80. The molecule has 1 aliphatic rings. The van der Waals surface area contributed by atoms with Gasteiger partial charge in [0, 0.05) is 18.9 Å². The number of carbonyl (C=O) groups is 3. The molecule has 0 saturated carbocycles. The number of ether oxygens (including phenoxy) is 1. The number of nitrogens with zero attached hydrogens (tertiary/aromatic N) is 3. The Labute approximate surface area is 146 Å². The van der Waals surface area contributed by atoms with Gasteiger partial charge in [0.2, 0.25) is 0 Å². The Balaban J connectivity index is 1.76. The molecule has 0 radical (unpaired) electrons. The monoisotopic (exact) mass is 361 g/mol. The van der Waals surface area contributed by atoms with Crippen molar-refractivity contribution in [1.82, 2.24) is 14.5 Å². The van der Waals surface area contributed by atoms with E-state index in [9.17, 15) is 23.2 Å². The Bertz CT molecular complexity index is 907. The fraction of sp³-hybridized carbons (Fsp3) is 0.176. The van der Waals surface area contributed by atoms with Gasteiger partial charge in [0.1, 0.15) is 6.61 Å². The number of fused-ring (bicyclic) bond motifs is 1. The number of imidazole rings is 1. The Kier molecular flexibility index (Phi) is 4.61. The van der Waals surface area contributed by atoms with Gasteiger partial charge in [-0.2, -0.15) is 8.78 Å². The number of amides is 2. The van der Waals surface area contributed by atoms with E-state index in [1.165, 1.54) is 30.5 Å². The summed E-state index contributed by atoms with van der Waals surface area (Å²) in [4.78, 5) is 41.2. The Morgan fingerprint density at radius 3 is 2.69 bits per heavy atom. The maximum atomic E-state index is 12.7. The van der Waals surface area contributed by atoms with E-state index in [1.807, 2.05) is 0 Å². The minimum absolute atomic E-state index is 0.0282. The summed E-state index contributed by atoms with van der Waals surface area (Å²) >= 11 is 0. The molecule has 0 saturated heterocycles. The van der Waals surface area contributed by atoms with Crippen LogP contribution in [0.15, 0.2) is 43.2 Å². The molecule has 0 unspecified atom stereocenters. The second kappa shape index (κ2) is 6.87. The lowest BCUT2D eigenvalue weighted by Crippen LogP contribution is -2.29. The van der Waals surface area contributed by atoms with Crippen LogP contribution in [0.3, 0.4) is 0 Å². The third kappa shape index (κ3) is 2.99. The lowest BCUT2D eigenvalue weighted by molar-refractivity contribution is 0.0376. The van der Waals surface area contributed by atoms with Crippen LogP contribution in [0.5, 0.6) is 0 Å². The molecule has 0 atom stereocenters. The smallest absolute Gasteiger partial charge is 0.338 e. The summed E-state index contributed by atoms with van der Waals surface area (Å²) in [6.07, 6.45) is 3.66.